The largest absolute Gasteiger partial charge is 0.347 e. The zero-order chi connectivity index (χ0) is 16.4. The van der Waals surface area contributed by atoms with E-state index in [-0.39, 0.29) is 17.5 Å². The first-order valence-electron chi connectivity index (χ1n) is 7.37. The van der Waals surface area contributed by atoms with Crippen LogP contribution in [-0.2, 0) is 0 Å². The van der Waals surface area contributed by atoms with Crippen LogP contribution in [0.1, 0.15) is 30.6 Å². The van der Waals surface area contributed by atoms with Crippen LogP contribution in [0.4, 0.5) is 5.95 Å². The zero-order valence-corrected chi connectivity index (χ0v) is 14.9. The van der Waals surface area contributed by atoms with Crippen LogP contribution in [0.25, 0.3) is 0 Å². The van der Waals surface area contributed by atoms with Gasteiger partial charge in [0.2, 0.25) is 5.95 Å². The quantitative estimate of drug-likeness (QED) is 0.675. The summed E-state index contributed by atoms with van der Waals surface area (Å²) in [5, 5.41) is 5.84. The van der Waals surface area contributed by atoms with Gasteiger partial charge in [0.15, 0.2) is 0 Å². The third kappa shape index (κ3) is 3.18. The third-order valence-corrected chi connectivity index (χ3v) is 5.49. The fourth-order valence-electron chi connectivity index (χ4n) is 2.83. The predicted octanol–water partition coefficient (Wildman–Crippen LogP) is 2.44. The molecule has 1 unspecified atom stereocenters. The number of thioether (sulfide) groups is 1. The van der Waals surface area contributed by atoms with Gasteiger partial charge in [0.25, 0.3) is 5.91 Å². The average Bonchev–Trinajstić information content (AvgIpc) is 3.16. The highest BCUT2D eigenvalue weighted by Gasteiger charge is 2.43. The molecule has 8 heteroatoms. The molecule has 23 heavy (non-hydrogen) atoms. The summed E-state index contributed by atoms with van der Waals surface area (Å²) in [6, 6.07) is 1.94. The molecule has 1 saturated heterocycles. The van der Waals surface area contributed by atoms with Gasteiger partial charge in [0.1, 0.15) is 5.03 Å². The van der Waals surface area contributed by atoms with E-state index < -0.39 is 0 Å². The molecule has 0 saturated carbocycles. The van der Waals surface area contributed by atoms with Gasteiger partial charge in [-0.1, -0.05) is 0 Å². The molecule has 0 bridgehead atoms. The van der Waals surface area contributed by atoms with Crippen molar-refractivity contribution in [1.82, 2.24) is 19.7 Å². The van der Waals surface area contributed by atoms with E-state index >= 15 is 0 Å². The summed E-state index contributed by atoms with van der Waals surface area (Å²) >= 11 is 2.88. The molecule has 2 aromatic rings. The Hall–Kier alpha value is -1.67. The van der Waals surface area contributed by atoms with Crippen LogP contribution in [0.3, 0.4) is 0 Å². The van der Waals surface area contributed by atoms with E-state index in [1.54, 1.807) is 29.5 Å². The molecular formula is C15H19N5OS2. The lowest BCUT2D eigenvalue weighted by atomic mass is 9.95. The maximum absolute atomic E-state index is 12.3. The van der Waals surface area contributed by atoms with Gasteiger partial charge in [0, 0.05) is 18.1 Å². The third-order valence-electron chi connectivity index (χ3n) is 4.26. The number of carbonyl (C=O) groups is 1. The molecule has 1 aliphatic heterocycles. The topological polar surface area (TPSA) is 71.0 Å². The van der Waals surface area contributed by atoms with Crippen LogP contribution < -0.4 is 10.2 Å². The minimum atomic E-state index is -0.254. The molecule has 0 spiro atoms. The number of hydrogen-bond donors (Lipinski definition) is 1. The summed E-state index contributed by atoms with van der Waals surface area (Å²) in [6.07, 6.45) is 6.25. The van der Waals surface area contributed by atoms with Crippen molar-refractivity contribution in [2.24, 2.45) is 0 Å². The van der Waals surface area contributed by atoms with Crippen LogP contribution in [-0.4, -0.2) is 44.6 Å². The summed E-state index contributed by atoms with van der Waals surface area (Å²) in [5.41, 5.74) is 0.362. The number of nitrogens with one attached hydrogen (secondary N) is 1. The molecule has 1 N–H and O–H groups in total. The molecule has 1 atom stereocenters. The molecule has 122 valence electrons. The molecule has 1 aliphatic rings. The monoisotopic (exact) mass is 349 g/mol. The number of nitrogens with zero attached hydrogens (tertiary/aromatic N) is 4. The maximum atomic E-state index is 12.3. The lowest BCUT2D eigenvalue weighted by Crippen LogP contribution is -2.53. The van der Waals surface area contributed by atoms with Crippen molar-refractivity contribution in [3.8, 4) is 0 Å². The molecule has 0 aromatic carbocycles. The molecule has 6 nitrogen and oxygen atoms in total. The number of amides is 1. The lowest BCUT2D eigenvalue weighted by molar-refractivity contribution is 0.0926. The molecule has 2 aromatic heterocycles. The van der Waals surface area contributed by atoms with Gasteiger partial charge in [0.05, 0.1) is 23.3 Å². The minimum absolute atomic E-state index is 0.0384. The summed E-state index contributed by atoms with van der Waals surface area (Å²) < 4.78 is 3.98. The van der Waals surface area contributed by atoms with Crippen LogP contribution >= 0.6 is 23.3 Å². The Morgan fingerprint density at radius 2 is 2.35 bits per heavy atom. The van der Waals surface area contributed by atoms with E-state index in [0.717, 1.165) is 23.9 Å². The van der Waals surface area contributed by atoms with Crippen molar-refractivity contribution in [3.05, 3.63) is 29.4 Å². The van der Waals surface area contributed by atoms with E-state index in [1.165, 1.54) is 11.5 Å². The van der Waals surface area contributed by atoms with Crippen molar-refractivity contribution >= 4 is 35.1 Å². The van der Waals surface area contributed by atoms with E-state index in [1.807, 2.05) is 12.3 Å². The number of anilines is 1. The zero-order valence-electron chi connectivity index (χ0n) is 13.3. The second-order valence-electron chi connectivity index (χ2n) is 5.93. The first-order chi connectivity index (χ1) is 11.0. The van der Waals surface area contributed by atoms with E-state index in [9.17, 15) is 4.79 Å². The Morgan fingerprint density at radius 3 is 3.04 bits per heavy atom. The van der Waals surface area contributed by atoms with Gasteiger partial charge < -0.3 is 10.2 Å². The van der Waals surface area contributed by atoms with E-state index in [0.29, 0.717) is 5.56 Å². The molecule has 3 rings (SSSR count). The molecule has 0 aliphatic carbocycles. The van der Waals surface area contributed by atoms with Crippen LogP contribution in [0.5, 0.6) is 0 Å². The Bertz CT molecular complexity index is 689. The summed E-state index contributed by atoms with van der Waals surface area (Å²) in [4.78, 5) is 23.5. The predicted molar refractivity (Wildman–Crippen MR) is 93.2 cm³/mol. The highest BCUT2D eigenvalue weighted by atomic mass is 32.2. The number of aromatic nitrogens is 3. The second-order valence-corrected chi connectivity index (χ2v) is 7.42. The molecule has 1 amide bonds. The van der Waals surface area contributed by atoms with Gasteiger partial charge in [-0.05, 0) is 44.1 Å². The van der Waals surface area contributed by atoms with Gasteiger partial charge in [-0.2, -0.15) is 0 Å². The number of rotatable bonds is 4. The highest BCUT2D eigenvalue weighted by molar-refractivity contribution is 7.98. The summed E-state index contributed by atoms with van der Waals surface area (Å²) in [5.74, 6) is 0.647. The van der Waals surface area contributed by atoms with Gasteiger partial charge in [-0.25, -0.2) is 14.3 Å². The Balaban J connectivity index is 1.77. The fourth-order valence-corrected chi connectivity index (χ4v) is 3.72. The van der Waals surface area contributed by atoms with Crippen molar-refractivity contribution in [3.63, 3.8) is 0 Å². The number of hydrogen-bond acceptors (Lipinski definition) is 7. The standard InChI is InChI=1S/C15H19N5OS2/c1-15(2)11(18-13(21)10-8-17-23-9-10)5-7-20(15)14-16-6-4-12(19-14)22-3/h4,6,8-9,11H,5,7H2,1-3H3,(H,18,21). The first kappa shape index (κ1) is 16.2. The highest BCUT2D eigenvalue weighted by Crippen LogP contribution is 2.32. The maximum Gasteiger partial charge on any atom is 0.254 e. The summed E-state index contributed by atoms with van der Waals surface area (Å²) in [7, 11) is 0. The van der Waals surface area contributed by atoms with Crippen LogP contribution in [0, 0.1) is 0 Å². The normalized spacial score (nSPS) is 19.8. The Morgan fingerprint density at radius 1 is 1.52 bits per heavy atom. The number of carbonyl (C=O) groups excluding carboxylic acids is 1. The Kier molecular flexibility index (Phi) is 4.54. The van der Waals surface area contributed by atoms with Crippen LogP contribution in [0.2, 0.25) is 0 Å². The van der Waals surface area contributed by atoms with Crippen LogP contribution in [0.15, 0.2) is 28.9 Å². The van der Waals surface area contributed by atoms with Crippen molar-refractivity contribution in [2.75, 3.05) is 17.7 Å². The minimum Gasteiger partial charge on any atom is -0.347 e. The Labute approximate surface area is 143 Å². The average molecular weight is 349 g/mol. The van der Waals surface area contributed by atoms with Crippen molar-refractivity contribution < 1.29 is 4.79 Å². The van der Waals surface area contributed by atoms with Gasteiger partial charge in [-0.3, -0.25) is 4.79 Å². The van der Waals surface area contributed by atoms with Gasteiger partial charge >= 0.3 is 0 Å². The van der Waals surface area contributed by atoms with Gasteiger partial charge in [-0.15, -0.1) is 11.8 Å². The first-order valence-corrected chi connectivity index (χ1v) is 9.43. The fraction of sp³-hybridized carbons (Fsp3) is 0.467. The molecule has 3 heterocycles. The smallest absolute Gasteiger partial charge is 0.254 e. The van der Waals surface area contributed by atoms with Crippen molar-refractivity contribution in [1.29, 1.82) is 0 Å². The van der Waals surface area contributed by atoms with E-state index in [4.69, 9.17) is 0 Å². The molecule has 1 fully saturated rings. The molecule has 0 radical (unpaired) electrons. The lowest BCUT2D eigenvalue weighted by Gasteiger charge is -2.36. The molecular weight excluding hydrogens is 330 g/mol. The second kappa shape index (κ2) is 6.45. The SMILES string of the molecule is CSc1ccnc(N2CCC(NC(=O)c3cnsc3)C2(C)C)n1. The summed E-state index contributed by atoms with van der Waals surface area (Å²) in [6.45, 7) is 5.05. The van der Waals surface area contributed by atoms with E-state index in [2.05, 4.69) is 38.4 Å². The van der Waals surface area contributed by atoms with Crippen molar-refractivity contribution in [2.45, 2.75) is 36.9 Å².